The molecule has 0 unspecified atom stereocenters. The standard InChI is InChI=1S/C17H15N3OS2/c21-13-8-4-9-14(13)23-17-19-18-16(15-10-5-11-22-15)20(17)12-6-2-1-3-7-12/h1-3,5-7,10-11,14H,4,8-9H2/t14-/m0/s1. The number of aromatic nitrogens is 3. The van der Waals surface area contributed by atoms with E-state index in [1.807, 2.05) is 47.8 Å². The predicted molar refractivity (Wildman–Crippen MR) is 93.2 cm³/mol. The summed E-state index contributed by atoms with van der Waals surface area (Å²) in [5.74, 6) is 1.16. The highest BCUT2D eigenvalue weighted by Gasteiger charge is 2.28. The number of rotatable bonds is 4. The molecule has 3 aromatic rings. The number of nitrogens with zero attached hydrogens (tertiary/aromatic N) is 3. The zero-order valence-corrected chi connectivity index (χ0v) is 14.0. The lowest BCUT2D eigenvalue weighted by Gasteiger charge is -2.11. The van der Waals surface area contributed by atoms with E-state index in [4.69, 9.17) is 0 Å². The molecule has 23 heavy (non-hydrogen) atoms. The largest absolute Gasteiger partial charge is 0.298 e. The van der Waals surface area contributed by atoms with Crippen LogP contribution >= 0.6 is 23.1 Å². The van der Waals surface area contributed by atoms with E-state index in [0.29, 0.717) is 12.2 Å². The summed E-state index contributed by atoms with van der Waals surface area (Å²) in [6.07, 6.45) is 2.60. The highest BCUT2D eigenvalue weighted by molar-refractivity contribution is 8.00. The predicted octanol–water partition coefficient (Wildman–Crippen LogP) is 4.21. The SMILES string of the molecule is O=C1CCC[C@@H]1Sc1nnc(-c2cccs2)n1-c1ccccc1. The second-order valence-corrected chi connectivity index (χ2v) is 7.54. The summed E-state index contributed by atoms with van der Waals surface area (Å²) in [7, 11) is 0. The highest BCUT2D eigenvalue weighted by atomic mass is 32.2. The molecule has 1 fully saturated rings. The molecule has 1 saturated carbocycles. The average Bonchev–Trinajstić information content (AvgIpc) is 3.30. The molecule has 2 aromatic heterocycles. The number of benzene rings is 1. The Kier molecular flexibility index (Phi) is 4.01. The lowest BCUT2D eigenvalue weighted by molar-refractivity contribution is -0.116. The van der Waals surface area contributed by atoms with Crippen LogP contribution in [-0.2, 0) is 4.79 Å². The number of thioether (sulfide) groups is 1. The molecule has 0 radical (unpaired) electrons. The van der Waals surface area contributed by atoms with Gasteiger partial charge >= 0.3 is 0 Å². The Morgan fingerprint density at radius 1 is 1.13 bits per heavy atom. The number of carbonyl (C=O) groups is 1. The number of hydrogen-bond donors (Lipinski definition) is 0. The Hall–Kier alpha value is -1.92. The molecule has 1 aliphatic carbocycles. The molecular formula is C17H15N3OS2. The summed E-state index contributed by atoms with van der Waals surface area (Å²) < 4.78 is 2.06. The average molecular weight is 341 g/mol. The second kappa shape index (κ2) is 6.29. The van der Waals surface area contributed by atoms with E-state index in [1.165, 1.54) is 0 Å². The second-order valence-electron chi connectivity index (χ2n) is 5.42. The quantitative estimate of drug-likeness (QED) is 0.713. The Balaban J connectivity index is 1.78. The van der Waals surface area contributed by atoms with Gasteiger partial charge < -0.3 is 0 Å². The first-order valence-corrected chi connectivity index (χ1v) is 9.33. The summed E-state index contributed by atoms with van der Waals surface area (Å²) in [5.41, 5.74) is 1.02. The molecule has 0 N–H and O–H groups in total. The summed E-state index contributed by atoms with van der Waals surface area (Å²) in [6, 6.07) is 14.1. The fourth-order valence-corrected chi connectivity index (χ4v) is 4.63. The van der Waals surface area contributed by atoms with E-state index >= 15 is 0 Å². The van der Waals surface area contributed by atoms with E-state index in [-0.39, 0.29) is 5.25 Å². The third kappa shape index (κ3) is 2.84. The lowest BCUT2D eigenvalue weighted by atomic mass is 10.3. The van der Waals surface area contributed by atoms with Crippen molar-refractivity contribution >= 4 is 28.9 Å². The van der Waals surface area contributed by atoms with Gasteiger partial charge in [0.2, 0.25) is 0 Å². The van der Waals surface area contributed by atoms with Gasteiger partial charge in [-0.2, -0.15) is 0 Å². The monoisotopic (exact) mass is 341 g/mol. The third-order valence-electron chi connectivity index (χ3n) is 3.89. The van der Waals surface area contributed by atoms with Crippen molar-refractivity contribution in [2.24, 2.45) is 0 Å². The van der Waals surface area contributed by atoms with Crippen LogP contribution in [0.1, 0.15) is 19.3 Å². The first kappa shape index (κ1) is 14.7. The van der Waals surface area contributed by atoms with Crippen molar-refractivity contribution < 1.29 is 4.79 Å². The van der Waals surface area contributed by atoms with Crippen LogP contribution in [0.3, 0.4) is 0 Å². The van der Waals surface area contributed by atoms with E-state index in [9.17, 15) is 4.79 Å². The number of thiophene rings is 1. The molecule has 1 atom stereocenters. The van der Waals surface area contributed by atoms with Gasteiger partial charge in [-0.1, -0.05) is 36.0 Å². The molecule has 0 saturated heterocycles. The Bertz CT molecular complexity index is 812. The molecule has 0 amide bonds. The van der Waals surface area contributed by atoms with Gasteiger partial charge in [0.1, 0.15) is 5.78 Å². The molecule has 1 aliphatic rings. The van der Waals surface area contributed by atoms with E-state index in [1.54, 1.807) is 23.1 Å². The fraction of sp³-hybridized carbons (Fsp3) is 0.235. The molecular weight excluding hydrogens is 326 g/mol. The van der Waals surface area contributed by atoms with E-state index < -0.39 is 0 Å². The zero-order valence-electron chi connectivity index (χ0n) is 12.4. The topological polar surface area (TPSA) is 47.8 Å². The minimum absolute atomic E-state index is 0.0119. The number of para-hydroxylation sites is 1. The maximum Gasteiger partial charge on any atom is 0.196 e. The Morgan fingerprint density at radius 3 is 2.70 bits per heavy atom. The summed E-state index contributed by atoms with van der Waals surface area (Å²) in [4.78, 5) is 13.1. The normalized spacial score (nSPS) is 17.7. The Morgan fingerprint density at radius 2 is 2.00 bits per heavy atom. The van der Waals surface area contributed by atoms with Crippen LogP contribution in [0.2, 0.25) is 0 Å². The smallest absolute Gasteiger partial charge is 0.196 e. The number of hydrogen-bond acceptors (Lipinski definition) is 5. The highest BCUT2D eigenvalue weighted by Crippen LogP contribution is 2.35. The van der Waals surface area contributed by atoms with E-state index in [2.05, 4.69) is 14.8 Å². The van der Waals surface area contributed by atoms with Gasteiger partial charge in [0, 0.05) is 12.1 Å². The molecule has 2 heterocycles. The van der Waals surface area contributed by atoms with Crippen LogP contribution in [0.4, 0.5) is 0 Å². The summed E-state index contributed by atoms with van der Waals surface area (Å²) in [5, 5.41) is 11.6. The molecule has 0 bridgehead atoms. The maximum absolute atomic E-state index is 12.0. The number of ketones is 1. The molecule has 1 aromatic carbocycles. The first-order valence-electron chi connectivity index (χ1n) is 7.57. The first-order chi connectivity index (χ1) is 11.3. The van der Waals surface area contributed by atoms with Crippen LogP contribution < -0.4 is 0 Å². The van der Waals surface area contributed by atoms with Crippen molar-refractivity contribution in [3.05, 3.63) is 47.8 Å². The van der Waals surface area contributed by atoms with Crippen molar-refractivity contribution in [3.8, 4) is 16.4 Å². The minimum Gasteiger partial charge on any atom is -0.298 e. The Labute approximate surface area is 142 Å². The van der Waals surface area contributed by atoms with Crippen molar-refractivity contribution in [2.75, 3.05) is 0 Å². The van der Waals surface area contributed by atoms with Gasteiger partial charge in [0.05, 0.1) is 10.1 Å². The van der Waals surface area contributed by atoms with E-state index in [0.717, 1.165) is 34.4 Å². The fourth-order valence-electron chi connectivity index (χ4n) is 2.76. The van der Waals surface area contributed by atoms with Crippen molar-refractivity contribution in [3.63, 3.8) is 0 Å². The molecule has 0 aliphatic heterocycles. The van der Waals surface area contributed by atoms with Gasteiger partial charge in [-0.05, 0) is 36.4 Å². The van der Waals surface area contributed by atoms with Crippen LogP contribution in [0.15, 0.2) is 53.0 Å². The molecule has 116 valence electrons. The molecule has 4 rings (SSSR count). The van der Waals surface area contributed by atoms with Gasteiger partial charge in [-0.25, -0.2) is 0 Å². The van der Waals surface area contributed by atoms with Crippen LogP contribution in [0.25, 0.3) is 16.4 Å². The van der Waals surface area contributed by atoms with Gasteiger partial charge in [0.15, 0.2) is 11.0 Å². The zero-order chi connectivity index (χ0) is 15.6. The van der Waals surface area contributed by atoms with Crippen molar-refractivity contribution in [2.45, 2.75) is 29.7 Å². The number of carbonyl (C=O) groups excluding carboxylic acids is 1. The van der Waals surface area contributed by atoms with Crippen LogP contribution in [-0.4, -0.2) is 25.8 Å². The van der Waals surface area contributed by atoms with Gasteiger partial charge in [-0.15, -0.1) is 21.5 Å². The van der Waals surface area contributed by atoms with Gasteiger partial charge in [0.25, 0.3) is 0 Å². The third-order valence-corrected chi connectivity index (χ3v) is 6.01. The molecule has 4 nitrogen and oxygen atoms in total. The van der Waals surface area contributed by atoms with Crippen LogP contribution in [0.5, 0.6) is 0 Å². The van der Waals surface area contributed by atoms with Crippen molar-refractivity contribution in [1.82, 2.24) is 14.8 Å². The van der Waals surface area contributed by atoms with Crippen LogP contribution in [0, 0.1) is 0 Å². The molecule has 6 heteroatoms. The lowest BCUT2D eigenvalue weighted by Crippen LogP contribution is -2.10. The summed E-state index contributed by atoms with van der Waals surface area (Å²) >= 11 is 3.19. The molecule has 0 spiro atoms. The maximum atomic E-state index is 12.0. The van der Waals surface area contributed by atoms with Gasteiger partial charge in [-0.3, -0.25) is 9.36 Å². The number of Topliss-reactive ketones (excluding diaryl/α,β-unsaturated/α-hetero) is 1. The summed E-state index contributed by atoms with van der Waals surface area (Å²) in [6.45, 7) is 0. The van der Waals surface area contributed by atoms with Crippen molar-refractivity contribution in [1.29, 1.82) is 0 Å². The minimum atomic E-state index is 0.0119.